The van der Waals surface area contributed by atoms with Gasteiger partial charge in [0.05, 0.1) is 11.6 Å². The molecular weight excluding hydrogens is 198 g/mol. The summed E-state index contributed by atoms with van der Waals surface area (Å²) in [6, 6.07) is 9.79. The number of hydrogen-bond acceptors (Lipinski definition) is 3. The highest BCUT2D eigenvalue weighted by molar-refractivity contribution is 5.49. The maximum Gasteiger partial charge on any atom is 0.0991 e. The molecular formula is C13H17N3. The second-order valence-electron chi connectivity index (χ2n) is 4.62. The first-order chi connectivity index (χ1) is 7.72. The van der Waals surface area contributed by atoms with Crippen molar-refractivity contribution < 1.29 is 0 Å². The molecule has 0 saturated carbocycles. The van der Waals surface area contributed by atoms with Crippen LogP contribution in [0, 0.1) is 11.3 Å². The van der Waals surface area contributed by atoms with Gasteiger partial charge in [0.25, 0.3) is 0 Å². The smallest absolute Gasteiger partial charge is 0.0991 e. The molecule has 0 aliphatic carbocycles. The molecule has 1 aliphatic rings. The van der Waals surface area contributed by atoms with Gasteiger partial charge in [-0.1, -0.05) is 0 Å². The van der Waals surface area contributed by atoms with E-state index in [1.54, 1.807) is 0 Å². The van der Waals surface area contributed by atoms with E-state index in [0.717, 1.165) is 31.6 Å². The van der Waals surface area contributed by atoms with Crippen LogP contribution < -0.4 is 10.6 Å². The molecule has 0 spiro atoms. The Morgan fingerprint density at radius 1 is 1.25 bits per heavy atom. The summed E-state index contributed by atoms with van der Waals surface area (Å²) in [5.41, 5.74) is 1.99. The molecule has 84 valence electrons. The van der Waals surface area contributed by atoms with Crippen LogP contribution in [0.15, 0.2) is 24.3 Å². The van der Waals surface area contributed by atoms with Crippen molar-refractivity contribution in [1.29, 1.82) is 5.26 Å². The van der Waals surface area contributed by atoms with Crippen molar-refractivity contribution in [3.8, 4) is 6.07 Å². The Morgan fingerprint density at radius 3 is 2.44 bits per heavy atom. The number of nitriles is 1. The van der Waals surface area contributed by atoms with Gasteiger partial charge in [0.2, 0.25) is 0 Å². The van der Waals surface area contributed by atoms with E-state index in [-0.39, 0.29) is 5.54 Å². The Bertz CT molecular complexity index is 383. The Labute approximate surface area is 96.5 Å². The van der Waals surface area contributed by atoms with Crippen LogP contribution in [0.25, 0.3) is 0 Å². The van der Waals surface area contributed by atoms with Crippen LogP contribution in [-0.2, 0) is 0 Å². The molecule has 3 nitrogen and oxygen atoms in total. The van der Waals surface area contributed by atoms with Gasteiger partial charge in [-0.2, -0.15) is 5.26 Å². The fourth-order valence-electron chi connectivity index (χ4n) is 2.08. The van der Waals surface area contributed by atoms with Crippen LogP contribution in [0.3, 0.4) is 0 Å². The molecule has 1 heterocycles. The van der Waals surface area contributed by atoms with E-state index in [2.05, 4.69) is 23.6 Å². The van der Waals surface area contributed by atoms with E-state index in [0.29, 0.717) is 5.56 Å². The lowest BCUT2D eigenvalue weighted by atomic mass is 9.90. The van der Waals surface area contributed by atoms with E-state index in [4.69, 9.17) is 5.26 Å². The fraction of sp³-hybridized carbons (Fsp3) is 0.462. The molecule has 1 saturated heterocycles. The number of benzene rings is 1. The van der Waals surface area contributed by atoms with Crippen LogP contribution >= 0.6 is 0 Å². The van der Waals surface area contributed by atoms with Gasteiger partial charge in [-0.05, 0) is 57.1 Å². The van der Waals surface area contributed by atoms with Crippen LogP contribution in [-0.4, -0.2) is 18.6 Å². The van der Waals surface area contributed by atoms with E-state index < -0.39 is 0 Å². The second kappa shape index (κ2) is 4.54. The third-order valence-electron chi connectivity index (χ3n) is 3.17. The number of rotatable bonds is 2. The zero-order valence-corrected chi connectivity index (χ0v) is 9.59. The van der Waals surface area contributed by atoms with Crippen LogP contribution in [0.1, 0.15) is 25.3 Å². The van der Waals surface area contributed by atoms with Gasteiger partial charge in [0, 0.05) is 11.2 Å². The van der Waals surface area contributed by atoms with Crippen molar-refractivity contribution in [2.75, 3.05) is 18.4 Å². The van der Waals surface area contributed by atoms with Crippen molar-refractivity contribution >= 4 is 5.69 Å². The molecule has 1 fully saturated rings. The maximum atomic E-state index is 8.72. The van der Waals surface area contributed by atoms with Crippen molar-refractivity contribution in [3.63, 3.8) is 0 Å². The minimum Gasteiger partial charge on any atom is -0.380 e. The normalized spacial score (nSPS) is 18.8. The minimum atomic E-state index is 0.180. The summed E-state index contributed by atoms with van der Waals surface area (Å²) in [7, 11) is 0. The lowest BCUT2D eigenvalue weighted by molar-refractivity contribution is 0.365. The molecule has 2 rings (SSSR count). The predicted molar refractivity (Wildman–Crippen MR) is 65.3 cm³/mol. The Kier molecular flexibility index (Phi) is 3.12. The summed E-state index contributed by atoms with van der Waals surface area (Å²) in [5, 5.41) is 15.6. The van der Waals surface area contributed by atoms with E-state index >= 15 is 0 Å². The van der Waals surface area contributed by atoms with Crippen molar-refractivity contribution in [2.45, 2.75) is 25.3 Å². The third-order valence-corrected chi connectivity index (χ3v) is 3.17. The summed E-state index contributed by atoms with van der Waals surface area (Å²) in [6.07, 6.45) is 2.26. The zero-order chi connectivity index (χ0) is 11.4. The van der Waals surface area contributed by atoms with Gasteiger partial charge >= 0.3 is 0 Å². The summed E-state index contributed by atoms with van der Waals surface area (Å²) in [4.78, 5) is 0. The van der Waals surface area contributed by atoms with Gasteiger partial charge in [-0.15, -0.1) is 0 Å². The standard InChI is InChI=1S/C13H17N3/c1-13(6-8-15-9-7-13)16-12-4-2-11(10-14)3-5-12/h2-5,15-16H,6-9H2,1H3. The third kappa shape index (κ3) is 2.53. The van der Waals surface area contributed by atoms with E-state index in [1.807, 2.05) is 24.3 Å². The number of nitrogens with zero attached hydrogens (tertiary/aromatic N) is 1. The highest BCUT2D eigenvalue weighted by Crippen LogP contribution is 2.23. The second-order valence-corrected chi connectivity index (χ2v) is 4.62. The van der Waals surface area contributed by atoms with Gasteiger partial charge in [0.15, 0.2) is 0 Å². The molecule has 0 aromatic heterocycles. The van der Waals surface area contributed by atoms with Crippen molar-refractivity contribution in [2.24, 2.45) is 0 Å². The first-order valence-electron chi connectivity index (χ1n) is 5.71. The molecule has 0 amide bonds. The van der Waals surface area contributed by atoms with Gasteiger partial charge < -0.3 is 10.6 Å². The van der Waals surface area contributed by atoms with Crippen LogP contribution in [0.4, 0.5) is 5.69 Å². The molecule has 16 heavy (non-hydrogen) atoms. The molecule has 2 N–H and O–H groups in total. The van der Waals surface area contributed by atoms with Gasteiger partial charge in [0.1, 0.15) is 0 Å². The van der Waals surface area contributed by atoms with Gasteiger partial charge in [-0.25, -0.2) is 0 Å². The van der Waals surface area contributed by atoms with E-state index in [9.17, 15) is 0 Å². The fourth-order valence-corrected chi connectivity index (χ4v) is 2.08. The quantitative estimate of drug-likeness (QED) is 0.794. The average molecular weight is 215 g/mol. The van der Waals surface area contributed by atoms with Crippen molar-refractivity contribution in [3.05, 3.63) is 29.8 Å². The SMILES string of the molecule is CC1(Nc2ccc(C#N)cc2)CCNCC1. The Morgan fingerprint density at radius 2 is 1.88 bits per heavy atom. The van der Waals surface area contributed by atoms with Gasteiger partial charge in [-0.3, -0.25) is 0 Å². The zero-order valence-electron chi connectivity index (χ0n) is 9.59. The lowest BCUT2D eigenvalue weighted by Gasteiger charge is -2.36. The van der Waals surface area contributed by atoms with Crippen molar-refractivity contribution in [1.82, 2.24) is 5.32 Å². The number of hydrogen-bond donors (Lipinski definition) is 2. The summed E-state index contributed by atoms with van der Waals surface area (Å²) >= 11 is 0. The number of piperidine rings is 1. The molecule has 3 heteroatoms. The topological polar surface area (TPSA) is 47.9 Å². The molecule has 0 atom stereocenters. The summed E-state index contributed by atoms with van der Waals surface area (Å²) in [6.45, 7) is 4.39. The molecule has 1 aromatic rings. The first kappa shape index (κ1) is 11.0. The average Bonchev–Trinajstić information content (AvgIpc) is 2.30. The Balaban J connectivity index is 2.05. The molecule has 0 radical (unpaired) electrons. The first-order valence-corrected chi connectivity index (χ1v) is 5.71. The highest BCUT2D eigenvalue weighted by atomic mass is 15.0. The van der Waals surface area contributed by atoms with Crippen LogP contribution in [0.5, 0.6) is 0 Å². The maximum absolute atomic E-state index is 8.72. The monoisotopic (exact) mass is 215 g/mol. The highest BCUT2D eigenvalue weighted by Gasteiger charge is 2.25. The summed E-state index contributed by atoms with van der Waals surface area (Å²) in [5.74, 6) is 0. The molecule has 1 aliphatic heterocycles. The Hall–Kier alpha value is -1.53. The molecule has 1 aromatic carbocycles. The summed E-state index contributed by atoms with van der Waals surface area (Å²) < 4.78 is 0. The number of nitrogens with one attached hydrogen (secondary N) is 2. The van der Waals surface area contributed by atoms with E-state index in [1.165, 1.54) is 0 Å². The minimum absolute atomic E-state index is 0.180. The predicted octanol–water partition coefficient (Wildman–Crippen LogP) is 2.11. The molecule has 0 bridgehead atoms. The van der Waals surface area contributed by atoms with Crippen LogP contribution in [0.2, 0.25) is 0 Å². The number of anilines is 1. The largest absolute Gasteiger partial charge is 0.380 e. The molecule has 0 unspecified atom stereocenters. The lowest BCUT2D eigenvalue weighted by Crippen LogP contribution is -2.45.